The van der Waals surface area contributed by atoms with Crippen molar-refractivity contribution in [3.8, 4) is 0 Å². The molecule has 0 saturated heterocycles. The van der Waals surface area contributed by atoms with Crippen LogP contribution in [-0.2, 0) is 0 Å². The molecule has 0 aliphatic carbocycles. The summed E-state index contributed by atoms with van der Waals surface area (Å²) in [6.07, 6.45) is 0. The fourth-order valence-corrected chi connectivity index (χ4v) is 2.85. The highest BCUT2D eigenvalue weighted by Crippen LogP contribution is 2.16. The van der Waals surface area contributed by atoms with E-state index in [-0.39, 0.29) is 11.6 Å². The van der Waals surface area contributed by atoms with Gasteiger partial charge in [0.25, 0.3) is 17.5 Å². The molecule has 9 heteroatoms. The molecule has 2 N–H and O–H groups in total. The lowest BCUT2D eigenvalue weighted by Crippen LogP contribution is -2.20. The third-order valence-corrected chi connectivity index (χ3v) is 4.53. The first-order valence-electron chi connectivity index (χ1n) is 9.10. The average Bonchev–Trinajstić information content (AvgIpc) is 2.77. The van der Waals surface area contributed by atoms with E-state index >= 15 is 0 Å². The predicted octanol–water partition coefficient (Wildman–Crippen LogP) is 4.65. The Kier molecular flexibility index (Phi) is 6.74. The molecule has 0 bridgehead atoms. The molecule has 3 aromatic rings. The van der Waals surface area contributed by atoms with Crippen molar-refractivity contribution in [3.63, 3.8) is 0 Å². The van der Waals surface area contributed by atoms with E-state index in [1.165, 1.54) is 18.2 Å². The molecule has 0 unspecified atom stereocenters. The standard InChI is InChI=1S/C22H17ClN4O4/c1-14(15-8-10-20(11-9-15)27(30)31)25-26-22(29)17-5-3-7-19(13-17)24-21(28)16-4-2-6-18(23)12-16/h2-13H,1H3,(H,24,28)(H,26,29). The topological polar surface area (TPSA) is 114 Å². The molecule has 3 aromatic carbocycles. The predicted molar refractivity (Wildman–Crippen MR) is 119 cm³/mol. The summed E-state index contributed by atoms with van der Waals surface area (Å²) in [5.41, 5.74) is 4.65. The van der Waals surface area contributed by atoms with E-state index < -0.39 is 10.8 Å². The van der Waals surface area contributed by atoms with Crippen LogP contribution in [-0.4, -0.2) is 22.4 Å². The number of hydrazone groups is 1. The molecule has 0 fully saturated rings. The maximum Gasteiger partial charge on any atom is 0.271 e. The summed E-state index contributed by atoms with van der Waals surface area (Å²) < 4.78 is 0. The van der Waals surface area contributed by atoms with Crippen molar-refractivity contribution in [1.29, 1.82) is 0 Å². The van der Waals surface area contributed by atoms with Gasteiger partial charge in [0, 0.05) is 34.0 Å². The number of nitro groups is 1. The van der Waals surface area contributed by atoms with Gasteiger partial charge in [-0.2, -0.15) is 5.10 Å². The van der Waals surface area contributed by atoms with Gasteiger partial charge in [-0.05, 0) is 61.0 Å². The van der Waals surface area contributed by atoms with Gasteiger partial charge in [0.1, 0.15) is 0 Å². The maximum absolute atomic E-state index is 12.4. The van der Waals surface area contributed by atoms with Gasteiger partial charge in [-0.1, -0.05) is 23.7 Å². The number of carbonyl (C=O) groups excluding carboxylic acids is 2. The number of nitro benzene ring substituents is 1. The summed E-state index contributed by atoms with van der Waals surface area (Å²) >= 11 is 5.91. The minimum atomic E-state index is -0.490. The second kappa shape index (κ2) is 9.64. The molecule has 0 aliphatic rings. The molecule has 156 valence electrons. The zero-order chi connectivity index (χ0) is 22.4. The normalized spacial score (nSPS) is 11.0. The Labute approximate surface area is 182 Å². The number of non-ortho nitro benzene ring substituents is 1. The molecule has 31 heavy (non-hydrogen) atoms. The second-order valence-corrected chi connectivity index (χ2v) is 6.92. The Hall–Kier alpha value is -4.04. The van der Waals surface area contributed by atoms with E-state index in [1.54, 1.807) is 61.5 Å². The largest absolute Gasteiger partial charge is 0.322 e. The number of carbonyl (C=O) groups is 2. The summed E-state index contributed by atoms with van der Waals surface area (Å²) in [4.78, 5) is 35.0. The molecule has 0 radical (unpaired) electrons. The van der Waals surface area contributed by atoms with E-state index in [0.717, 1.165) is 0 Å². The van der Waals surface area contributed by atoms with E-state index in [1.807, 2.05) is 0 Å². The third kappa shape index (κ3) is 5.74. The average molecular weight is 437 g/mol. The van der Waals surface area contributed by atoms with Crippen LogP contribution in [0.15, 0.2) is 77.9 Å². The van der Waals surface area contributed by atoms with Gasteiger partial charge in [0.15, 0.2) is 0 Å². The van der Waals surface area contributed by atoms with Gasteiger partial charge in [0.05, 0.1) is 10.6 Å². The first-order valence-corrected chi connectivity index (χ1v) is 9.48. The van der Waals surface area contributed by atoms with Crippen LogP contribution in [0.3, 0.4) is 0 Å². The number of hydrogen-bond acceptors (Lipinski definition) is 5. The van der Waals surface area contributed by atoms with Crippen molar-refractivity contribution < 1.29 is 14.5 Å². The van der Waals surface area contributed by atoms with Crippen molar-refractivity contribution >= 4 is 40.5 Å². The zero-order valence-electron chi connectivity index (χ0n) is 16.3. The van der Waals surface area contributed by atoms with Crippen LogP contribution in [0.25, 0.3) is 0 Å². The number of nitrogens with one attached hydrogen (secondary N) is 2. The summed E-state index contributed by atoms with van der Waals surface area (Å²) in [6.45, 7) is 1.67. The maximum atomic E-state index is 12.4. The van der Waals surface area contributed by atoms with Gasteiger partial charge >= 0.3 is 0 Å². The molecule has 0 saturated carbocycles. The fourth-order valence-electron chi connectivity index (χ4n) is 2.66. The van der Waals surface area contributed by atoms with Gasteiger partial charge in [-0.3, -0.25) is 19.7 Å². The molecule has 0 atom stereocenters. The second-order valence-electron chi connectivity index (χ2n) is 6.49. The first-order chi connectivity index (χ1) is 14.8. The number of hydrogen-bond donors (Lipinski definition) is 2. The summed E-state index contributed by atoms with van der Waals surface area (Å²) in [6, 6.07) is 18.7. The van der Waals surface area contributed by atoms with E-state index in [0.29, 0.717) is 33.1 Å². The van der Waals surface area contributed by atoms with E-state index in [2.05, 4.69) is 15.8 Å². The van der Waals surface area contributed by atoms with Crippen molar-refractivity contribution in [2.75, 3.05) is 5.32 Å². The molecule has 8 nitrogen and oxygen atoms in total. The smallest absolute Gasteiger partial charge is 0.271 e. The van der Waals surface area contributed by atoms with Crippen LogP contribution in [0.2, 0.25) is 5.02 Å². The Bertz CT molecular complexity index is 1180. The number of anilines is 1. The summed E-state index contributed by atoms with van der Waals surface area (Å²) in [5.74, 6) is -0.827. The molecular weight excluding hydrogens is 420 g/mol. The minimum absolute atomic E-state index is 0.0304. The van der Waals surface area contributed by atoms with Crippen LogP contribution in [0.5, 0.6) is 0 Å². The van der Waals surface area contributed by atoms with Crippen LogP contribution in [0.4, 0.5) is 11.4 Å². The number of benzene rings is 3. The van der Waals surface area contributed by atoms with Crippen molar-refractivity contribution in [3.05, 3.63) is 105 Å². The van der Waals surface area contributed by atoms with Crippen molar-refractivity contribution in [2.45, 2.75) is 6.92 Å². The summed E-state index contributed by atoms with van der Waals surface area (Å²) in [5, 5.41) is 17.9. The molecular formula is C22H17ClN4O4. The molecule has 0 spiro atoms. The van der Waals surface area contributed by atoms with Gasteiger partial charge in [0.2, 0.25) is 0 Å². The van der Waals surface area contributed by atoms with Crippen LogP contribution in [0.1, 0.15) is 33.2 Å². The third-order valence-electron chi connectivity index (χ3n) is 4.29. The Morgan fingerprint density at radius 1 is 0.903 bits per heavy atom. The lowest BCUT2D eigenvalue weighted by Gasteiger charge is -2.08. The monoisotopic (exact) mass is 436 g/mol. The number of nitrogens with zero attached hydrogens (tertiary/aromatic N) is 2. The van der Waals surface area contributed by atoms with E-state index in [9.17, 15) is 19.7 Å². The molecule has 3 rings (SSSR count). The fraction of sp³-hybridized carbons (Fsp3) is 0.0455. The lowest BCUT2D eigenvalue weighted by molar-refractivity contribution is -0.384. The van der Waals surface area contributed by atoms with Gasteiger partial charge in [-0.15, -0.1) is 0 Å². The lowest BCUT2D eigenvalue weighted by atomic mass is 10.1. The van der Waals surface area contributed by atoms with Crippen LogP contribution < -0.4 is 10.7 Å². The van der Waals surface area contributed by atoms with Crippen LogP contribution in [0, 0.1) is 10.1 Å². The molecule has 2 amide bonds. The Morgan fingerprint density at radius 2 is 1.55 bits per heavy atom. The molecule has 0 aromatic heterocycles. The zero-order valence-corrected chi connectivity index (χ0v) is 17.1. The number of halogens is 1. The highest BCUT2D eigenvalue weighted by Gasteiger charge is 2.10. The van der Waals surface area contributed by atoms with Crippen molar-refractivity contribution in [2.24, 2.45) is 5.10 Å². The minimum Gasteiger partial charge on any atom is -0.322 e. The van der Waals surface area contributed by atoms with E-state index in [4.69, 9.17) is 11.6 Å². The van der Waals surface area contributed by atoms with Gasteiger partial charge in [-0.25, -0.2) is 5.43 Å². The SMILES string of the molecule is CC(=NNC(=O)c1cccc(NC(=O)c2cccc(Cl)c2)c1)c1ccc([N+](=O)[O-])cc1. The first kappa shape index (κ1) is 21.7. The van der Waals surface area contributed by atoms with Gasteiger partial charge < -0.3 is 5.32 Å². The quantitative estimate of drug-likeness (QED) is 0.332. The molecule has 0 heterocycles. The Morgan fingerprint density at radius 3 is 2.19 bits per heavy atom. The number of amides is 2. The Balaban J connectivity index is 1.67. The van der Waals surface area contributed by atoms with Crippen molar-refractivity contribution in [1.82, 2.24) is 5.43 Å². The van der Waals surface area contributed by atoms with Crippen LogP contribution >= 0.6 is 11.6 Å². The molecule has 0 aliphatic heterocycles. The highest BCUT2D eigenvalue weighted by atomic mass is 35.5. The number of rotatable bonds is 6. The summed E-state index contributed by atoms with van der Waals surface area (Å²) in [7, 11) is 0. The highest BCUT2D eigenvalue weighted by molar-refractivity contribution is 6.31.